The van der Waals surface area contributed by atoms with Crippen LogP contribution < -0.4 is 11.1 Å². The minimum absolute atomic E-state index is 0.000430. The second kappa shape index (κ2) is 6.37. The highest BCUT2D eigenvalue weighted by Gasteiger charge is 2.34. The van der Waals surface area contributed by atoms with Gasteiger partial charge in [-0.15, -0.1) is 0 Å². The van der Waals surface area contributed by atoms with Crippen molar-refractivity contribution in [3.05, 3.63) is 0 Å². The zero-order valence-electron chi connectivity index (χ0n) is 11.7. The van der Waals surface area contributed by atoms with Crippen molar-refractivity contribution >= 4 is 11.8 Å². The van der Waals surface area contributed by atoms with E-state index in [0.717, 1.165) is 38.6 Å². The Morgan fingerprint density at radius 1 is 1.32 bits per heavy atom. The second-order valence-electron chi connectivity index (χ2n) is 5.76. The first-order valence-electron chi connectivity index (χ1n) is 7.47. The van der Waals surface area contributed by atoms with Gasteiger partial charge in [0.05, 0.1) is 0 Å². The molecule has 1 heterocycles. The summed E-state index contributed by atoms with van der Waals surface area (Å²) in [6.07, 6.45) is 6.05. The topological polar surface area (TPSA) is 75.4 Å². The highest BCUT2D eigenvalue weighted by Crippen LogP contribution is 2.24. The van der Waals surface area contributed by atoms with Crippen LogP contribution in [0.25, 0.3) is 0 Å². The largest absolute Gasteiger partial charge is 0.344 e. The zero-order chi connectivity index (χ0) is 13.8. The molecular weight excluding hydrogens is 242 g/mol. The second-order valence-corrected chi connectivity index (χ2v) is 5.76. The van der Waals surface area contributed by atoms with Crippen molar-refractivity contribution in [2.75, 3.05) is 6.54 Å². The number of nitrogens with two attached hydrogens (primary N) is 1. The van der Waals surface area contributed by atoms with Crippen LogP contribution in [0.15, 0.2) is 0 Å². The van der Waals surface area contributed by atoms with Crippen molar-refractivity contribution in [3.63, 3.8) is 0 Å². The smallest absolute Gasteiger partial charge is 0.245 e. The van der Waals surface area contributed by atoms with Gasteiger partial charge in [-0.2, -0.15) is 0 Å². The average molecular weight is 267 g/mol. The average Bonchev–Trinajstić information content (AvgIpc) is 2.83. The fraction of sp³-hybridized carbons (Fsp3) is 0.857. The predicted molar refractivity (Wildman–Crippen MR) is 73.4 cm³/mol. The summed E-state index contributed by atoms with van der Waals surface area (Å²) < 4.78 is 0. The fourth-order valence-corrected chi connectivity index (χ4v) is 3.13. The van der Waals surface area contributed by atoms with Crippen molar-refractivity contribution in [2.24, 2.45) is 5.73 Å². The summed E-state index contributed by atoms with van der Waals surface area (Å²) in [5.41, 5.74) is 5.93. The molecule has 5 heteroatoms. The molecule has 2 rings (SSSR count). The van der Waals surface area contributed by atoms with Gasteiger partial charge in [-0.25, -0.2) is 0 Å². The zero-order valence-corrected chi connectivity index (χ0v) is 11.7. The first kappa shape index (κ1) is 14.3. The predicted octanol–water partition coefficient (Wildman–Crippen LogP) is 0.773. The Morgan fingerprint density at radius 2 is 2.00 bits per heavy atom. The molecule has 1 aliphatic heterocycles. The van der Waals surface area contributed by atoms with Crippen LogP contribution in [0.1, 0.15) is 51.9 Å². The first-order valence-corrected chi connectivity index (χ1v) is 7.47. The molecule has 2 aliphatic rings. The van der Waals surface area contributed by atoms with Crippen molar-refractivity contribution in [3.8, 4) is 0 Å². The van der Waals surface area contributed by atoms with Crippen molar-refractivity contribution in [2.45, 2.75) is 70.0 Å². The molecule has 1 atom stereocenters. The Balaban J connectivity index is 1.98. The number of rotatable bonds is 4. The lowest BCUT2D eigenvalue weighted by molar-refractivity contribution is -0.137. The van der Waals surface area contributed by atoms with Gasteiger partial charge in [-0.1, -0.05) is 6.92 Å². The lowest BCUT2D eigenvalue weighted by Crippen LogP contribution is -2.51. The lowest BCUT2D eigenvalue weighted by Gasteiger charge is -2.37. The van der Waals surface area contributed by atoms with Gasteiger partial charge >= 0.3 is 0 Å². The maximum Gasteiger partial charge on any atom is 0.245 e. The molecule has 5 nitrogen and oxygen atoms in total. The molecule has 0 aromatic heterocycles. The molecule has 108 valence electrons. The Morgan fingerprint density at radius 3 is 2.53 bits per heavy atom. The summed E-state index contributed by atoms with van der Waals surface area (Å²) >= 11 is 0. The summed E-state index contributed by atoms with van der Waals surface area (Å²) in [5, 5.41) is 2.79. The molecule has 0 unspecified atom stereocenters. The molecule has 0 radical (unpaired) electrons. The minimum atomic E-state index is -0.297. The summed E-state index contributed by atoms with van der Waals surface area (Å²) in [6.45, 7) is 2.87. The van der Waals surface area contributed by atoms with Crippen LogP contribution in [-0.2, 0) is 9.59 Å². The van der Waals surface area contributed by atoms with E-state index in [0.29, 0.717) is 24.9 Å². The van der Waals surface area contributed by atoms with E-state index in [1.165, 1.54) is 0 Å². The Hall–Kier alpha value is -1.10. The molecule has 19 heavy (non-hydrogen) atoms. The van der Waals surface area contributed by atoms with Crippen molar-refractivity contribution in [1.29, 1.82) is 0 Å². The van der Waals surface area contributed by atoms with E-state index in [1.54, 1.807) is 0 Å². The molecule has 3 N–H and O–H groups in total. The lowest BCUT2D eigenvalue weighted by atomic mass is 9.90. The number of carbonyl (C=O) groups excluding carboxylic acids is 2. The third-order valence-corrected chi connectivity index (χ3v) is 4.22. The third-order valence-electron chi connectivity index (χ3n) is 4.22. The van der Waals surface area contributed by atoms with Crippen molar-refractivity contribution < 1.29 is 9.59 Å². The van der Waals surface area contributed by atoms with Gasteiger partial charge < -0.3 is 16.0 Å². The summed E-state index contributed by atoms with van der Waals surface area (Å²) in [5.74, 6) is 0.105. The molecule has 2 fully saturated rings. The maximum absolute atomic E-state index is 12.5. The summed E-state index contributed by atoms with van der Waals surface area (Å²) in [6, 6.07) is 0.306. The number of carbonyl (C=O) groups is 2. The number of nitrogens with one attached hydrogen (secondary N) is 1. The van der Waals surface area contributed by atoms with Crippen LogP contribution in [0.3, 0.4) is 0 Å². The molecule has 1 saturated heterocycles. The minimum Gasteiger partial charge on any atom is -0.344 e. The SMILES string of the molecule is CCCN(C(=O)[C@H]1CCC(=O)N1)C1CCC(N)CC1. The highest BCUT2D eigenvalue weighted by atomic mass is 16.2. The van der Waals surface area contributed by atoms with Crippen LogP contribution in [0.4, 0.5) is 0 Å². The molecule has 1 aliphatic carbocycles. The Kier molecular flexibility index (Phi) is 4.80. The van der Waals surface area contributed by atoms with Crippen molar-refractivity contribution in [1.82, 2.24) is 10.2 Å². The number of hydrogen-bond acceptors (Lipinski definition) is 3. The molecule has 2 amide bonds. The van der Waals surface area contributed by atoms with Gasteiger partial charge in [-0.05, 0) is 38.5 Å². The van der Waals surface area contributed by atoms with Crippen LogP contribution >= 0.6 is 0 Å². The van der Waals surface area contributed by atoms with E-state index in [4.69, 9.17) is 5.73 Å². The van der Waals surface area contributed by atoms with Crippen LogP contribution in [0, 0.1) is 0 Å². The van der Waals surface area contributed by atoms with E-state index in [-0.39, 0.29) is 17.9 Å². The molecule has 1 saturated carbocycles. The summed E-state index contributed by atoms with van der Waals surface area (Å²) in [4.78, 5) is 25.8. The van der Waals surface area contributed by atoms with E-state index < -0.39 is 0 Å². The molecule has 0 spiro atoms. The van der Waals surface area contributed by atoms with Gasteiger partial charge in [0.2, 0.25) is 11.8 Å². The van der Waals surface area contributed by atoms with Gasteiger partial charge in [0.15, 0.2) is 0 Å². The van der Waals surface area contributed by atoms with Crippen LogP contribution in [0.2, 0.25) is 0 Å². The van der Waals surface area contributed by atoms with Crippen LogP contribution in [0.5, 0.6) is 0 Å². The normalized spacial score (nSPS) is 31.1. The van der Waals surface area contributed by atoms with E-state index in [9.17, 15) is 9.59 Å². The number of nitrogens with zero attached hydrogens (tertiary/aromatic N) is 1. The van der Waals surface area contributed by atoms with Crippen LogP contribution in [-0.4, -0.2) is 41.4 Å². The fourth-order valence-electron chi connectivity index (χ4n) is 3.13. The molecule has 0 aromatic rings. The molecule has 0 bridgehead atoms. The van der Waals surface area contributed by atoms with Gasteiger partial charge in [0.1, 0.15) is 6.04 Å². The maximum atomic E-state index is 12.5. The van der Waals surface area contributed by atoms with Gasteiger partial charge in [0.25, 0.3) is 0 Å². The quantitative estimate of drug-likeness (QED) is 0.790. The van der Waals surface area contributed by atoms with E-state index in [1.807, 2.05) is 4.90 Å². The molecular formula is C14H25N3O2. The molecule has 0 aromatic carbocycles. The standard InChI is InChI=1S/C14H25N3O2/c1-2-9-17(11-5-3-10(15)4-6-11)14(19)12-7-8-13(18)16-12/h10-12H,2-9,15H2,1H3,(H,16,18)/t10?,11?,12-/m1/s1. The van der Waals surface area contributed by atoms with E-state index in [2.05, 4.69) is 12.2 Å². The third kappa shape index (κ3) is 3.47. The number of amides is 2. The monoisotopic (exact) mass is 267 g/mol. The number of hydrogen-bond donors (Lipinski definition) is 2. The van der Waals surface area contributed by atoms with E-state index >= 15 is 0 Å². The highest BCUT2D eigenvalue weighted by molar-refractivity contribution is 5.91. The Bertz CT molecular complexity index is 338. The first-order chi connectivity index (χ1) is 9.11. The van der Waals surface area contributed by atoms with Gasteiger partial charge in [-0.3, -0.25) is 9.59 Å². The Labute approximate surface area is 114 Å². The van der Waals surface area contributed by atoms with Gasteiger partial charge in [0, 0.05) is 25.0 Å². The summed E-state index contributed by atoms with van der Waals surface area (Å²) in [7, 11) is 0.